The first-order valence-corrected chi connectivity index (χ1v) is 12.7. The molecule has 4 rings (SSSR count). The number of piperazine rings is 1. The fourth-order valence-corrected chi connectivity index (χ4v) is 4.96. The first kappa shape index (κ1) is 32.1. The lowest BCUT2D eigenvalue weighted by Crippen LogP contribution is -2.56. The number of halogens is 7. The Morgan fingerprint density at radius 1 is 1.00 bits per heavy atom. The standard InChI is InChI=1S/C27H29F6N5O2.ClH/c1-34-25(40)35-7-4-8-37-9-10-38(21(16-37)13-18-15-36-23-6-3-2-5-22(18)23)24(39)17-11-19(26(28,29)30)14-20(12-17)27(31,32)33;/h2-3,5-6,11-12,14-15,21,36H,4,7-10,13,16H2,1H3,(H2,34,35,40);1H. The summed E-state index contributed by atoms with van der Waals surface area (Å²) in [5, 5.41) is 6.07. The number of urea groups is 1. The highest BCUT2D eigenvalue weighted by Crippen LogP contribution is 2.37. The SMILES string of the molecule is CNC(=O)NCCCN1CCN(C(=O)c2cc(C(F)(F)F)cc(C(F)(F)F)c2)C(Cc2c[nH]c3ccccc23)C1.Cl. The van der Waals surface area contributed by atoms with Gasteiger partial charge < -0.3 is 20.5 Å². The monoisotopic (exact) mass is 605 g/mol. The molecule has 1 aliphatic heterocycles. The van der Waals surface area contributed by atoms with Gasteiger partial charge in [0, 0.05) is 61.9 Å². The Hall–Kier alpha value is -3.45. The van der Waals surface area contributed by atoms with Gasteiger partial charge in [-0.15, -0.1) is 12.4 Å². The molecule has 3 N–H and O–H groups in total. The van der Waals surface area contributed by atoms with Crippen molar-refractivity contribution in [1.29, 1.82) is 0 Å². The summed E-state index contributed by atoms with van der Waals surface area (Å²) in [6, 6.07) is 7.66. The van der Waals surface area contributed by atoms with Crippen LogP contribution in [0.1, 0.15) is 33.5 Å². The number of carbonyl (C=O) groups excluding carboxylic acids is 2. The van der Waals surface area contributed by atoms with Gasteiger partial charge in [-0.2, -0.15) is 26.3 Å². The van der Waals surface area contributed by atoms with Crippen molar-refractivity contribution in [3.63, 3.8) is 0 Å². The topological polar surface area (TPSA) is 80.5 Å². The third-order valence-corrected chi connectivity index (χ3v) is 6.96. The van der Waals surface area contributed by atoms with Crippen molar-refractivity contribution in [2.75, 3.05) is 39.8 Å². The lowest BCUT2D eigenvalue weighted by atomic mass is 9.98. The number of H-pyrrole nitrogens is 1. The van der Waals surface area contributed by atoms with E-state index >= 15 is 0 Å². The highest BCUT2D eigenvalue weighted by Gasteiger charge is 2.39. The maximum Gasteiger partial charge on any atom is 0.416 e. The Kier molecular flexibility index (Phi) is 10.2. The Labute approximate surface area is 238 Å². The first-order chi connectivity index (χ1) is 18.9. The number of hydrogen-bond acceptors (Lipinski definition) is 3. The van der Waals surface area contributed by atoms with Gasteiger partial charge in [-0.1, -0.05) is 18.2 Å². The van der Waals surface area contributed by atoms with Crippen LogP contribution in [0, 0.1) is 0 Å². The lowest BCUT2D eigenvalue weighted by Gasteiger charge is -2.42. The zero-order valence-electron chi connectivity index (χ0n) is 22.0. The summed E-state index contributed by atoms with van der Waals surface area (Å²) >= 11 is 0. The minimum atomic E-state index is -5.05. The van der Waals surface area contributed by atoms with Gasteiger partial charge in [-0.3, -0.25) is 9.69 Å². The zero-order chi connectivity index (χ0) is 29.1. The second-order valence-corrected chi connectivity index (χ2v) is 9.67. The van der Waals surface area contributed by atoms with Crippen molar-refractivity contribution in [2.45, 2.75) is 31.2 Å². The average molecular weight is 606 g/mol. The summed E-state index contributed by atoms with van der Waals surface area (Å²) in [7, 11) is 1.50. The van der Waals surface area contributed by atoms with Crippen LogP contribution in [0.2, 0.25) is 0 Å². The Morgan fingerprint density at radius 2 is 1.66 bits per heavy atom. The molecule has 1 fully saturated rings. The number of rotatable bonds is 7. The molecule has 224 valence electrons. The molecule has 3 aromatic rings. The summed E-state index contributed by atoms with van der Waals surface area (Å²) < 4.78 is 80.7. The number of fused-ring (bicyclic) bond motifs is 1. The van der Waals surface area contributed by atoms with Crippen LogP contribution in [0.4, 0.5) is 31.1 Å². The summed E-state index contributed by atoms with van der Waals surface area (Å²) in [6.07, 6.45) is -7.36. The number of nitrogens with one attached hydrogen (secondary N) is 3. The highest BCUT2D eigenvalue weighted by atomic mass is 35.5. The number of carbonyl (C=O) groups is 2. The first-order valence-electron chi connectivity index (χ1n) is 12.7. The normalized spacial score (nSPS) is 16.4. The van der Waals surface area contributed by atoms with Crippen LogP contribution in [0.25, 0.3) is 10.9 Å². The second-order valence-electron chi connectivity index (χ2n) is 9.67. The molecule has 0 aliphatic carbocycles. The molecule has 2 aromatic carbocycles. The van der Waals surface area contributed by atoms with Crippen molar-refractivity contribution in [3.8, 4) is 0 Å². The molecule has 1 atom stereocenters. The molecule has 3 amide bonds. The van der Waals surface area contributed by atoms with Gasteiger partial charge in [0.05, 0.1) is 11.1 Å². The van der Waals surface area contributed by atoms with E-state index in [0.717, 1.165) is 16.5 Å². The predicted octanol–water partition coefficient (Wildman–Crippen LogP) is 5.32. The molecular weight excluding hydrogens is 576 g/mol. The zero-order valence-corrected chi connectivity index (χ0v) is 22.8. The van der Waals surface area contributed by atoms with Crippen molar-refractivity contribution < 1.29 is 35.9 Å². The molecule has 41 heavy (non-hydrogen) atoms. The number of benzene rings is 2. The molecule has 1 saturated heterocycles. The molecule has 1 aromatic heterocycles. The van der Waals surface area contributed by atoms with E-state index in [9.17, 15) is 35.9 Å². The fraction of sp³-hybridized carbons (Fsp3) is 0.407. The number of aromatic nitrogens is 1. The van der Waals surface area contributed by atoms with E-state index in [0.29, 0.717) is 51.2 Å². The van der Waals surface area contributed by atoms with E-state index in [1.807, 2.05) is 24.3 Å². The second kappa shape index (κ2) is 13.0. The van der Waals surface area contributed by atoms with E-state index in [2.05, 4.69) is 20.5 Å². The van der Waals surface area contributed by atoms with Gasteiger partial charge in [0.2, 0.25) is 0 Å². The maximum absolute atomic E-state index is 13.5. The van der Waals surface area contributed by atoms with Gasteiger partial charge in [0.1, 0.15) is 0 Å². The van der Waals surface area contributed by atoms with E-state index in [1.165, 1.54) is 11.9 Å². The smallest absolute Gasteiger partial charge is 0.361 e. The Bertz CT molecular complexity index is 1330. The molecule has 0 bridgehead atoms. The van der Waals surface area contributed by atoms with Crippen LogP contribution in [-0.2, 0) is 18.8 Å². The average Bonchev–Trinajstić information content (AvgIpc) is 3.32. The van der Waals surface area contributed by atoms with E-state index in [1.54, 1.807) is 6.20 Å². The van der Waals surface area contributed by atoms with Crippen LogP contribution < -0.4 is 10.6 Å². The molecule has 1 unspecified atom stereocenters. The van der Waals surface area contributed by atoms with Gasteiger partial charge in [0.15, 0.2) is 0 Å². The largest absolute Gasteiger partial charge is 0.416 e. The third-order valence-electron chi connectivity index (χ3n) is 6.96. The van der Waals surface area contributed by atoms with Crippen LogP contribution in [0.5, 0.6) is 0 Å². The highest BCUT2D eigenvalue weighted by molar-refractivity contribution is 5.95. The number of alkyl halides is 6. The van der Waals surface area contributed by atoms with E-state index in [4.69, 9.17) is 0 Å². The number of para-hydroxylation sites is 1. The molecular formula is C27H30ClF6N5O2. The molecule has 7 nitrogen and oxygen atoms in total. The van der Waals surface area contributed by atoms with Gasteiger partial charge in [-0.05, 0) is 49.2 Å². The Balaban J connectivity index is 0.00000462. The predicted molar refractivity (Wildman–Crippen MR) is 144 cm³/mol. The summed E-state index contributed by atoms with van der Waals surface area (Å²) in [5.74, 6) is -0.887. The van der Waals surface area contributed by atoms with Crippen molar-refractivity contribution in [2.24, 2.45) is 0 Å². The molecule has 1 aliphatic rings. The third kappa shape index (κ3) is 7.85. The quantitative estimate of drug-likeness (QED) is 0.252. The van der Waals surface area contributed by atoms with Crippen LogP contribution in [0.15, 0.2) is 48.7 Å². The van der Waals surface area contributed by atoms with Crippen LogP contribution in [0.3, 0.4) is 0 Å². The fourth-order valence-electron chi connectivity index (χ4n) is 4.96. The number of hydrogen-bond donors (Lipinski definition) is 3. The van der Waals surface area contributed by atoms with Gasteiger partial charge in [-0.25, -0.2) is 4.79 Å². The summed E-state index contributed by atoms with van der Waals surface area (Å²) in [5.41, 5.74) is -1.96. The summed E-state index contributed by atoms with van der Waals surface area (Å²) in [6.45, 7) is 1.85. The van der Waals surface area contributed by atoms with E-state index < -0.39 is 41.0 Å². The van der Waals surface area contributed by atoms with E-state index in [-0.39, 0.29) is 31.0 Å². The van der Waals surface area contributed by atoms with Crippen LogP contribution in [-0.4, -0.2) is 72.5 Å². The van der Waals surface area contributed by atoms with Gasteiger partial charge >= 0.3 is 18.4 Å². The van der Waals surface area contributed by atoms with Crippen LogP contribution >= 0.6 is 12.4 Å². The minimum Gasteiger partial charge on any atom is -0.361 e. The van der Waals surface area contributed by atoms with Crippen molar-refractivity contribution in [1.82, 2.24) is 25.4 Å². The molecule has 2 heterocycles. The number of aromatic amines is 1. The van der Waals surface area contributed by atoms with Crippen molar-refractivity contribution >= 4 is 35.2 Å². The minimum absolute atomic E-state index is 0. The molecule has 0 spiro atoms. The number of amides is 3. The maximum atomic E-state index is 13.5. The number of nitrogens with zero attached hydrogens (tertiary/aromatic N) is 2. The van der Waals surface area contributed by atoms with Gasteiger partial charge in [0.25, 0.3) is 5.91 Å². The Morgan fingerprint density at radius 3 is 2.29 bits per heavy atom. The lowest BCUT2D eigenvalue weighted by molar-refractivity contribution is -0.143. The molecule has 0 radical (unpaired) electrons. The summed E-state index contributed by atoms with van der Waals surface area (Å²) in [4.78, 5) is 31.5. The molecule has 14 heteroatoms. The molecule has 0 saturated carbocycles. The van der Waals surface area contributed by atoms with Crippen molar-refractivity contribution in [3.05, 3.63) is 70.9 Å².